The Kier molecular flexibility index (Phi) is 3.53. The minimum atomic E-state index is 0.445. The maximum absolute atomic E-state index is 2.42. The van der Waals surface area contributed by atoms with Crippen LogP contribution < -0.4 is 0 Å². The molecule has 1 unspecified atom stereocenters. The van der Waals surface area contributed by atoms with Gasteiger partial charge in [-0.15, -0.1) is 0 Å². The quantitative estimate of drug-likeness (QED) is 0.437. The van der Waals surface area contributed by atoms with E-state index in [0.29, 0.717) is 5.92 Å². The lowest BCUT2D eigenvalue weighted by Gasteiger charge is -2.17. The number of rotatable bonds is 3. The van der Waals surface area contributed by atoms with Crippen LogP contribution in [0.3, 0.4) is 0 Å². The van der Waals surface area contributed by atoms with Gasteiger partial charge >= 0.3 is 0 Å². The van der Waals surface area contributed by atoms with Crippen molar-refractivity contribution in [2.75, 3.05) is 0 Å². The van der Waals surface area contributed by atoms with Gasteiger partial charge in [0.15, 0.2) is 0 Å². The second kappa shape index (κ2) is 5.70. The zero-order valence-electron chi connectivity index (χ0n) is 13.8. The van der Waals surface area contributed by atoms with Gasteiger partial charge < -0.3 is 0 Å². The van der Waals surface area contributed by atoms with Crippen molar-refractivity contribution in [3.63, 3.8) is 0 Å². The molecule has 1 aliphatic carbocycles. The Balaban J connectivity index is 1.73. The molecule has 1 atom stereocenters. The van der Waals surface area contributed by atoms with Gasteiger partial charge in [0.25, 0.3) is 0 Å². The highest BCUT2D eigenvalue weighted by atomic mass is 14.2. The number of aryl methyl sites for hydroxylation is 1. The molecular weight excluding hydrogens is 276 g/mol. The predicted molar refractivity (Wildman–Crippen MR) is 98.0 cm³/mol. The summed E-state index contributed by atoms with van der Waals surface area (Å²) in [6.45, 7) is 4.57. The van der Waals surface area contributed by atoms with Gasteiger partial charge in [-0.2, -0.15) is 0 Å². The van der Waals surface area contributed by atoms with E-state index in [-0.39, 0.29) is 0 Å². The van der Waals surface area contributed by atoms with E-state index < -0.39 is 0 Å². The highest BCUT2D eigenvalue weighted by Crippen LogP contribution is 2.38. The first-order valence-electron chi connectivity index (χ1n) is 8.57. The normalized spacial score (nSPS) is 13.5. The fraction of sp³-hybridized carbons (Fsp3) is 0.217. The molecule has 0 fully saturated rings. The zero-order chi connectivity index (χ0) is 15.8. The molecule has 1 aliphatic rings. The summed E-state index contributed by atoms with van der Waals surface area (Å²) < 4.78 is 0. The van der Waals surface area contributed by atoms with Crippen LogP contribution in [0.5, 0.6) is 0 Å². The van der Waals surface area contributed by atoms with Gasteiger partial charge in [-0.3, -0.25) is 0 Å². The summed E-state index contributed by atoms with van der Waals surface area (Å²) in [7, 11) is 0. The first kappa shape index (κ1) is 14.3. The van der Waals surface area contributed by atoms with Crippen LogP contribution in [-0.2, 0) is 12.8 Å². The van der Waals surface area contributed by atoms with E-state index in [2.05, 4.69) is 80.6 Å². The molecule has 0 saturated carbocycles. The van der Waals surface area contributed by atoms with Gasteiger partial charge in [-0.05, 0) is 51.8 Å². The van der Waals surface area contributed by atoms with E-state index in [1.165, 1.54) is 38.9 Å². The lowest BCUT2D eigenvalue weighted by Crippen LogP contribution is -2.01. The van der Waals surface area contributed by atoms with Crippen LogP contribution in [-0.4, -0.2) is 0 Å². The van der Waals surface area contributed by atoms with Gasteiger partial charge in [0.05, 0.1) is 0 Å². The van der Waals surface area contributed by atoms with Crippen LogP contribution in [0.1, 0.15) is 47.6 Å². The van der Waals surface area contributed by atoms with Crippen LogP contribution in [0, 0.1) is 0 Å². The third-order valence-corrected chi connectivity index (χ3v) is 5.22. The summed E-state index contributed by atoms with van der Waals surface area (Å²) in [5.74, 6) is 0.445. The lowest BCUT2D eigenvalue weighted by atomic mass is 9.87. The van der Waals surface area contributed by atoms with Crippen LogP contribution in [0.2, 0.25) is 0 Å². The third kappa shape index (κ3) is 2.39. The summed E-state index contributed by atoms with van der Waals surface area (Å²) in [6, 6.07) is 24.7. The third-order valence-electron chi connectivity index (χ3n) is 5.22. The molecule has 0 amide bonds. The smallest absolute Gasteiger partial charge is 0.00638 e. The van der Waals surface area contributed by atoms with Crippen molar-refractivity contribution < 1.29 is 0 Å². The van der Waals surface area contributed by atoms with Crippen molar-refractivity contribution in [1.82, 2.24) is 0 Å². The van der Waals surface area contributed by atoms with E-state index in [1.54, 1.807) is 0 Å². The molecule has 4 rings (SSSR count). The maximum atomic E-state index is 2.42. The van der Waals surface area contributed by atoms with E-state index in [1.807, 2.05) is 0 Å². The highest BCUT2D eigenvalue weighted by molar-refractivity contribution is 5.77. The fourth-order valence-electron chi connectivity index (χ4n) is 3.89. The summed E-state index contributed by atoms with van der Waals surface area (Å²) in [6.07, 6.45) is 2.17. The van der Waals surface area contributed by atoms with Crippen molar-refractivity contribution in [2.45, 2.75) is 32.6 Å². The molecule has 23 heavy (non-hydrogen) atoms. The van der Waals surface area contributed by atoms with Crippen molar-refractivity contribution in [2.24, 2.45) is 0 Å². The van der Waals surface area contributed by atoms with E-state index in [9.17, 15) is 0 Å². The number of fused-ring (bicyclic) bond motifs is 3. The first-order chi connectivity index (χ1) is 11.3. The SMILES string of the molecule is CCc1ccccc1C(C)c1ccc2c(c1)Cc1ccccc1-2. The van der Waals surface area contributed by atoms with Crippen LogP contribution in [0.4, 0.5) is 0 Å². The molecule has 3 aromatic carbocycles. The molecule has 0 aromatic heterocycles. The predicted octanol–water partition coefficient (Wildman–Crippen LogP) is 5.97. The van der Waals surface area contributed by atoms with Gasteiger partial charge in [-0.1, -0.05) is 80.6 Å². The number of hydrogen-bond donors (Lipinski definition) is 0. The Labute approximate surface area is 138 Å². The van der Waals surface area contributed by atoms with Crippen LogP contribution in [0.15, 0.2) is 66.7 Å². The zero-order valence-corrected chi connectivity index (χ0v) is 13.8. The van der Waals surface area contributed by atoms with Gasteiger partial charge in [-0.25, -0.2) is 0 Å². The second-order valence-corrected chi connectivity index (χ2v) is 6.52. The first-order valence-corrected chi connectivity index (χ1v) is 8.57. The lowest BCUT2D eigenvalue weighted by molar-refractivity contribution is 0.891. The average Bonchev–Trinajstić information content (AvgIpc) is 2.98. The molecule has 0 heteroatoms. The molecule has 0 saturated heterocycles. The van der Waals surface area contributed by atoms with Gasteiger partial charge in [0, 0.05) is 5.92 Å². The molecule has 0 nitrogen and oxygen atoms in total. The largest absolute Gasteiger partial charge is 0.0620 e. The molecule has 0 spiro atoms. The Morgan fingerprint density at radius 1 is 0.826 bits per heavy atom. The molecular formula is C23H22. The Morgan fingerprint density at radius 3 is 2.43 bits per heavy atom. The Morgan fingerprint density at radius 2 is 1.57 bits per heavy atom. The molecule has 0 heterocycles. The average molecular weight is 298 g/mol. The molecule has 0 radical (unpaired) electrons. The van der Waals surface area contributed by atoms with Crippen molar-refractivity contribution in [3.05, 3.63) is 94.5 Å². The number of benzene rings is 3. The molecule has 114 valence electrons. The minimum absolute atomic E-state index is 0.445. The molecule has 0 N–H and O–H groups in total. The maximum Gasteiger partial charge on any atom is 0.00638 e. The van der Waals surface area contributed by atoms with Gasteiger partial charge in [0.1, 0.15) is 0 Å². The Bertz CT molecular complexity index is 857. The van der Waals surface area contributed by atoms with E-state index in [0.717, 1.165) is 12.8 Å². The molecule has 3 aromatic rings. The summed E-state index contributed by atoms with van der Waals surface area (Å²) in [5, 5.41) is 0. The van der Waals surface area contributed by atoms with E-state index >= 15 is 0 Å². The Hall–Kier alpha value is -2.34. The van der Waals surface area contributed by atoms with Gasteiger partial charge in [0.2, 0.25) is 0 Å². The highest BCUT2D eigenvalue weighted by Gasteiger charge is 2.20. The molecule has 0 aliphatic heterocycles. The second-order valence-electron chi connectivity index (χ2n) is 6.52. The fourth-order valence-corrected chi connectivity index (χ4v) is 3.89. The van der Waals surface area contributed by atoms with E-state index in [4.69, 9.17) is 0 Å². The molecule has 0 bridgehead atoms. The summed E-state index contributed by atoms with van der Waals surface area (Å²) >= 11 is 0. The van der Waals surface area contributed by atoms with Crippen molar-refractivity contribution in [3.8, 4) is 11.1 Å². The van der Waals surface area contributed by atoms with Crippen LogP contribution >= 0.6 is 0 Å². The monoisotopic (exact) mass is 298 g/mol. The van der Waals surface area contributed by atoms with Crippen molar-refractivity contribution in [1.29, 1.82) is 0 Å². The topological polar surface area (TPSA) is 0 Å². The number of hydrogen-bond acceptors (Lipinski definition) is 0. The summed E-state index contributed by atoms with van der Waals surface area (Å²) in [4.78, 5) is 0. The summed E-state index contributed by atoms with van der Waals surface area (Å²) in [5.41, 5.74) is 10.1. The minimum Gasteiger partial charge on any atom is -0.0620 e. The van der Waals surface area contributed by atoms with Crippen LogP contribution in [0.25, 0.3) is 11.1 Å². The standard InChI is InChI=1S/C23H22/c1-3-17-8-4-6-10-21(17)16(2)18-12-13-23-20(14-18)15-19-9-5-7-11-22(19)23/h4-14,16H,3,15H2,1-2H3. The van der Waals surface area contributed by atoms with Crippen molar-refractivity contribution >= 4 is 0 Å².